The van der Waals surface area contributed by atoms with Gasteiger partial charge in [0.15, 0.2) is 0 Å². The molecule has 2 aromatic carbocycles. The van der Waals surface area contributed by atoms with E-state index in [4.69, 9.17) is 17.3 Å². The molecule has 1 unspecified atom stereocenters. The van der Waals surface area contributed by atoms with E-state index in [1.165, 1.54) is 0 Å². The molecule has 0 aromatic heterocycles. The van der Waals surface area contributed by atoms with Crippen molar-refractivity contribution < 1.29 is 13.2 Å². The van der Waals surface area contributed by atoms with Gasteiger partial charge < -0.3 is 5.73 Å². The van der Waals surface area contributed by atoms with Gasteiger partial charge in [0.05, 0.1) is 6.04 Å². The lowest BCUT2D eigenvalue weighted by atomic mass is 9.97. The fourth-order valence-electron chi connectivity index (χ4n) is 1.88. The van der Waals surface area contributed by atoms with Crippen molar-refractivity contribution in [2.24, 2.45) is 5.73 Å². The highest BCUT2D eigenvalue weighted by molar-refractivity contribution is 6.31. The zero-order chi connectivity index (χ0) is 14.2. The third-order valence-electron chi connectivity index (χ3n) is 2.90. The van der Waals surface area contributed by atoms with Gasteiger partial charge in [-0.15, -0.1) is 0 Å². The molecule has 1 nitrogen and oxygen atoms in total. The number of aryl methyl sites for hydroxylation is 1. The number of hydrogen-bond acceptors (Lipinski definition) is 1. The van der Waals surface area contributed by atoms with Crippen LogP contribution in [-0.2, 0) is 0 Å². The lowest BCUT2D eigenvalue weighted by molar-refractivity contribution is 0.515. The Kier molecular flexibility index (Phi) is 3.83. The first-order chi connectivity index (χ1) is 8.90. The highest BCUT2D eigenvalue weighted by Crippen LogP contribution is 2.28. The van der Waals surface area contributed by atoms with Gasteiger partial charge in [0.25, 0.3) is 0 Å². The molecule has 0 aliphatic rings. The molecule has 0 fully saturated rings. The van der Waals surface area contributed by atoms with Crippen LogP contribution in [0, 0.1) is 24.4 Å². The summed E-state index contributed by atoms with van der Waals surface area (Å²) in [6, 6.07) is 5.04. The van der Waals surface area contributed by atoms with Gasteiger partial charge in [0.1, 0.15) is 17.5 Å². The van der Waals surface area contributed by atoms with E-state index < -0.39 is 23.5 Å². The standard InChI is InChI=1S/C14H11ClF3N/c1-7-4-8(2-3-10(7)15)14(19)13-11(17)5-9(16)6-12(13)18/h2-6,14H,19H2,1H3. The van der Waals surface area contributed by atoms with E-state index in [0.717, 1.165) is 5.56 Å². The topological polar surface area (TPSA) is 26.0 Å². The van der Waals surface area contributed by atoms with Crippen molar-refractivity contribution in [3.8, 4) is 0 Å². The molecule has 5 heteroatoms. The lowest BCUT2D eigenvalue weighted by Gasteiger charge is -2.15. The Hall–Kier alpha value is -1.52. The Labute approximate surface area is 113 Å². The van der Waals surface area contributed by atoms with Crippen molar-refractivity contribution in [2.75, 3.05) is 0 Å². The van der Waals surface area contributed by atoms with Crippen molar-refractivity contribution >= 4 is 11.6 Å². The molecule has 1 atom stereocenters. The maximum absolute atomic E-state index is 13.6. The highest BCUT2D eigenvalue weighted by atomic mass is 35.5. The van der Waals surface area contributed by atoms with Gasteiger partial charge >= 0.3 is 0 Å². The van der Waals surface area contributed by atoms with E-state index in [9.17, 15) is 13.2 Å². The predicted molar refractivity (Wildman–Crippen MR) is 68.5 cm³/mol. The third-order valence-corrected chi connectivity index (χ3v) is 3.32. The summed E-state index contributed by atoms with van der Waals surface area (Å²) >= 11 is 5.88. The van der Waals surface area contributed by atoms with Crippen molar-refractivity contribution in [1.29, 1.82) is 0 Å². The van der Waals surface area contributed by atoms with Crippen molar-refractivity contribution in [2.45, 2.75) is 13.0 Å². The third kappa shape index (κ3) is 2.74. The molecule has 0 radical (unpaired) electrons. The summed E-state index contributed by atoms with van der Waals surface area (Å²) in [5.41, 5.74) is 6.74. The number of hydrogen-bond donors (Lipinski definition) is 1. The summed E-state index contributed by atoms with van der Waals surface area (Å²) in [7, 11) is 0. The summed E-state index contributed by atoms with van der Waals surface area (Å²) in [4.78, 5) is 0. The highest BCUT2D eigenvalue weighted by Gasteiger charge is 2.20. The van der Waals surface area contributed by atoms with Gasteiger partial charge in [-0.05, 0) is 24.1 Å². The van der Waals surface area contributed by atoms with Gasteiger partial charge in [-0.25, -0.2) is 13.2 Å². The average molecular weight is 286 g/mol. The quantitative estimate of drug-likeness (QED) is 0.883. The van der Waals surface area contributed by atoms with Crippen LogP contribution in [0.3, 0.4) is 0 Å². The van der Waals surface area contributed by atoms with Crippen LogP contribution >= 0.6 is 11.6 Å². The Morgan fingerprint density at radius 2 is 1.63 bits per heavy atom. The van der Waals surface area contributed by atoms with Crippen LogP contribution in [0.4, 0.5) is 13.2 Å². The Morgan fingerprint density at radius 3 is 2.16 bits per heavy atom. The molecule has 2 N–H and O–H groups in total. The van der Waals surface area contributed by atoms with Crippen molar-refractivity contribution in [3.05, 3.63) is 69.5 Å². The second-order valence-corrected chi connectivity index (χ2v) is 4.68. The SMILES string of the molecule is Cc1cc(C(N)c2c(F)cc(F)cc2F)ccc1Cl. The van der Waals surface area contributed by atoms with Gasteiger partial charge in [0.2, 0.25) is 0 Å². The Bertz CT molecular complexity index is 605. The molecule has 2 aromatic rings. The molecule has 0 aliphatic carbocycles. The summed E-state index contributed by atoms with van der Waals surface area (Å²) in [5.74, 6) is -2.98. The van der Waals surface area contributed by atoms with Crippen LogP contribution in [0.1, 0.15) is 22.7 Å². The molecule has 0 aliphatic heterocycles. The minimum Gasteiger partial charge on any atom is -0.320 e. The first-order valence-corrected chi connectivity index (χ1v) is 5.94. The fraction of sp³-hybridized carbons (Fsp3) is 0.143. The molecule has 100 valence electrons. The van der Waals surface area contributed by atoms with E-state index in [2.05, 4.69) is 0 Å². The van der Waals surface area contributed by atoms with E-state index in [1.807, 2.05) is 0 Å². The monoisotopic (exact) mass is 285 g/mol. The minimum atomic E-state index is -1.02. The van der Waals surface area contributed by atoms with E-state index in [1.54, 1.807) is 25.1 Å². The molecule has 0 bridgehead atoms. The summed E-state index contributed by atoms with van der Waals surface area (Å²) < 4.78 is 40.1. The molecule has 0 saturated heterocycles. The molecular formula is C14H11ClF3N. The van der Waals surface area contributed by atoms with Crippen LogP contribution < -0.4 is 5.73 Å². The minimum absolute atomic E-state index is 0.358. The Balaban J connectivity index is 2.49. The van der Waals surface area contributed by atoms with Gasteiger partial charge in [-0.2, -0.15) is 0 Å². The number of rotatable bonds is 2. The molecule has 0 amide bonds. The predicted octanol–water partition coefficient (Wildman–Crippen LogP) is 4.11. The summed E-state index contributed by atoms with van der Waals surface area (Å²) in [6.45, 7) is 1.76. The van der Waals surface area contributed by atoms with Gasteiger partial charge in [0, 0.05) is 22.7 Å². The number of halogens is 4. The fourth-order valence-corrected chi connectivity index (χ4v) is 2.00. The number of nitrogens with two attached hydrogens (primary N) is 1. The second-order valence-electron chi connectivity index (χ2n) is 4.27. The lowest BCUT2D eigenvalue weighted by Crippen LogP contribution is -2.16. The van der Waals surface area contributed by atoms with Crippen LogP contribution in [0.25, 0.3) is 0 Å². The maximum atomic E-state index is 13.6. The average Bonchev–Trinajstić information content (AvgIpc) is 2.31. The van der Waals surface area contributed by atoms with Gasteiger partial charge in [-0.1, -0.05) is 23.7 Å². The van der Waals surface area contributed by atoms with Crippen LogP contribution in [-0.4, -0.2) is 0 Å². The first kappa shape index (κ1) is 13.9. The largest absolute Gasteiger partial charge is 0.320 e. The second kappa shape index (κ2) is 5.23. The van der Waals surface area contributed by atoms with Crippen molar-refractivity contribution in [1.82, 2.24) is 0 Å². The van der Waals surface area contributed by atoms with Crippen LogP contribution in [0.5, 0.6) is 0 Å². The van der Waals surface area contributed by atoms with E-state index >= 15 is 0 Å². The number of benzene rings is 2. The zero-order valence-electron chi connectivity index (χ0n) is 10.1. The zero-order valence-corrected chi connectivity index (χ0v) is 10.8. The Morgan fingerprint density at radius 1 is 1.05 bits per heavy atom. The molecule has 0 spiro atoms. The smallest absolute Gasteiger partial charge is 0.134 e. The van der Waals surface area contributed by atoms with Crippen LogP contribution in [0.2, 0.25) is 5.02 Å². The summed E-state index contributed by atoms with van der Waals surface area (Å²) in [5, 5.41) is 0.538. The normalized spacial score (nSPS) is 12.5. The van der Waals surface area contributed by atoms with E-state index in [0.29, 0.717) is 22.7 Å². The molecular weight excluding hydrogens is 275 g/mol. The molecule has 0 heterocycles. The van der Waals surface area contributed by atoms with Gasteiger partial charge in [-0.3, -0.25) is 0 Å². The van der Waals surface area contributed by atoms with Crippen molar-refractivity contribution in [3.63, 3.8) is 0 Å². The maximum Gasteiger partial charge on any atom is 0.134 e. The summed E-state index contributed by atoms with van der Waals surface area (Å²) in [6.07, 6.45) is 0. The van der Waals surface area contributed by atoms with E-state index in [-0.39, 0.29) is 5.56 Å². The molecule has 2 rings (SSSR count). The van der Waals surface area contributed by atoms with Crippen LogP contribution in [0.15, 0.2) is 30.3 Å². The molecule has 19 heavy (non-hydrogen) atoms. The molecule has 0 saturated carbocycles. The first-order valence-electron chi connectivity index (χ1n) is 5.56.